The van der Waals surface area contributed by atoms with Crippen LogP contribution >= 0.6 is 23.1 Å². The Hall–Kier alpha value is -2.88. The fourth-order valence-corrected chi connectivity index (χ4v) is 3.64. The van der Waals surface area contributed by atoms with Gasteiger partial charge in [-0.25, -0.2) is 4.99 Å². The normalized spacial score (nSPS) is 11.1. The fourth-order valence-electron chi connectivity index (χ4n) is 2.71. The summed E-state index contributed by atoms with van der Waals surface area (Å²) in [6.45, 7) is 8.09. The van der Waals surface area contributed by atoms with Crippen molar-refractivity contribution in [3.63, 3.8) is 0 Å². The van der Waals surface area contributed by atoms with Gasteiger partial charge in [-0.05, 0) is 44.9 Å². The maximum absolute atomic E-state index is 9.74. The Morgan fingerprint density at radius 2 is 1.97 bits per heavy atom. The zero-order valence-electron chi connectivity index (χ0n) is 17.6. The molecule has 0 aliphatic rings. The van der Waals surface area contributed by atoms with Gasteiger partial charge in [0.05, 0.1) is 17.0 Å². The SMILES string of the molecule is Cc1cc(/N=C\N(C)C(C)C)c(Cl)cc1Oc1snc(-c2ccccc2C)c1C#N. The van der Waals surface area contributed by atoms with Crippen molar-refractivity contribution >= 4 is 35.2 Å². The van der Waals surface area contributed by atoms with E-state index < -0.39 is 0 Å². The molecule has 0 saturated heterocycles. The second-order valence-corrected chi connectivity index (χ2v) is 8.44. The minimum absolute atomic E-state index is 0.342. The lowest BCUT2D eigenvalue weighted by molar-refractivity contribution is 0.429. The third-order valence-electron chi connectivity index (χ3n) is 4.81. The lowest BCUT2D eigenvalue weighted by atomic mass is 10.0. The summed E-state index contributed by atoms with van der Waals surface area (Å²) in [6.07, 6.45) is 1.76. The molecule has 0 atom stereocenters. The van der Waals surface area contributed by atoms with Crippen molar-refractivity contribution in [1.29, 1.82) is 5.26 Å². The first-order valence-electron chi connectivity index (χ1n) is 9.51. The van der Waals surface area contributed by atoms with E-state index in [0.717, 1.165) is 28.2 Å². The van der Waals surface area contributed by atoms with Gasteiger partial charge in [0.25, 0.3) is 0 Å². The van der Waals surface area contributed by atoms with Crippen LogP contribution in [-0.4, -0.2) is 28.7 Å². The maximum Gasteiger partial charge on any atom is 0.218 e. The predicted molar refractivity (Wildman–Crippen MR) is 124 cm³/mol. The fraction of sp³-hybridized carbons (Fsp3) is 0.261. The van der Waals surface area contributed by atoms with Crippen molar-refractivity contribution in [1.82, 2.24) is 9.27 Å². The molecule has 0 saturated carbocycles. The first-order valence-corrected chi connectivity index (χ1v) is 10.7. The van der Waals surface area contributed by atoms with Crippen LogP contribution in [0.3, 0.4) is 0 Å². The monoisotopic (exact) mass is 438 g/mol. The highest BCUT2D eigenvalue weighted by Gasteiger charge is 2.19. The van der Waals surface area contributed by atoms with Gasteiger partial charge in [-0.2, -0.15) is 9.64 Å². The second-order valence-electron chi connectivity index (χ2n) is 7.30. The Balaban J connectivity index is 1.92. The Labute approximate surface area is 186 Å². The number of ether oxygens (including phenoxy) is 1. The van der Waals surface area contributed by atoms with Crippen LogP contribution in [0.25, 0.3) is 11.3 Å². The van der Waals surface area contributed by atoms with Crippen LogP contribution in [0.1, 0.15) is 30.5 Å². The topological polar surface area (TPSA) is 61.5 Å². The van der Waals surface area contributed by atoms with Crippen molar-refractivity contribution in [3.8, 4) is 28.1 Å². The number of aromatic nitrogens is 1. The molecule has 0 aliphatic heterocycles. The molecule has 0 radical (unpaired) electrons. The van der Waals surface area contributed by atoms with E-state index in [4.69, 9.17) is 16.3 Å². The standard InChI is InChI=1S/C23H23ClN4OS/c1-14(2)28(5)13-26-20-10-16(4)21(11-19(20)24)29-23-18(12-25)22(27-30-23)17-9-7-6-8-15(17)3/h6-11,13-14H,1-5H3/b26-13-. The zero-order chi connectivity index (χ0) is 21.8. The van der Waals surface area contributed by atoms with Gasteiger partial charge in [0.2, 0.25) is 5.06 Å². The Morgan fingerprint density at radius 3 is 2.63 bits per heavy atom. The summed E-state index contributed by atoms with van der Waals surface area (Å²) in [5.74, 6) is 0.577. The van der Waals surface area contributed by atoms with Gasteiger partial charge in [-0.15, -0.1) is 0 Å². The molecule has 154 valence electrons. The smallest absolute Gasteiger partial charge is 0.218 e. The molecule has 3 aromatic rings. The average molecular weight is 439 g/mol. The Kier molecular flexibility index (Phi) is 6.76. The molecule has 0 aliphatic carbocycles. The molecule has 0 N–H and O–H groups in total. The van der Waals surface area contributed by atoms with Crippen LogP contribution in [0.5, 0.6) is 10.8 Å². The number of hydrogen-bond acceptors (Lipinski definition) is 5. The predicted octanol–water partition coefficient (Wildman–Crippen LogP) is 6.74. The molecule has 1 heterocycles. The van der Waals surface area contributed by atoms with E-state index in [1.807, 2.05) is 56.1 Å². The van der Waals surface area contributed by atoms with Gasteiger partial charge < -0.3 is 9.64 Å². The number of rotatable bonds is 6. The summed E-state index contributed by atoms with van der Waals surface area (Å²) in [6, 6.07) is 14.0. The van der Waals surface area contributed by atoms with Crippen LogP contribution in [0, 0.1) is 25.2 Å². The van der Waals surface area contributed by atoms with Crippen LogP contribution in [0.4, 0.5) is 5.69 Å². The van der Waals surface area contributed by atoms with E-state index in [9.17, 15) is 5.26 Å². The molecular formula is C23H23ClN4OS. The van der Waals surface area contributed by atoms with E-state index in [-0.39, 0.29) is 0 Å². The summed E-state index contributed by atoms with van der Waals surface area (Å²) in [7, 11) is 1.96. The van der Waals surface area contributed by atoms with Crippen molar-refractivity contribution in [2.24, 2.45) is 4.99 Å². The van der Waals surface area contributed by atoms with Crippen LogP contribution < -0.4 is 4.74 Å². The molecule has 1 aromatic heterocycles. The lowest BCUT2D eigenvalue weighted by Gasteiger charge is -2.17. The summed E-state index contributed by atoms with van der Waals surface area (Å²) >= 11 is 7.60. The molecule has 0 amide bonds. The molecule has 0 unspecified atom stereocenters. The van der Waals surface area contributed by atoms with Crippen molar-refractivity contribution in [3.05, 3.63) is 58.1 Å². The molecular weight excluding hydrogens is 416 g/mol. The number of aryl methyl sites for hydroxylation is 2. The Bertz CT molecular complexity index is 1130. The Morgan fingerprint density at radius 1 is 1.23 bits per heavy atom. The van der Waals surface area contributed by atoms with Crippen molar-refractivity contribution in [2.75, 3.05) is 7.05 Å². The van der Waals surface area contributed by atoms with Crippen molar-refractivity contribution < 1.29 is 4.74 Å². The molecule has 2 aromatic carbocycles. The molecule has 3 rings (SSSR count). The van der Waals surface area contributed by atoms with Gasteiger partial charge in [0.15, 0.2) is 0 Å². The number of benzene rings is 2. The van der Waals surface area contributed by atoms with Gasteiger partial charge >= 0.3 is 0 Å². The number of hydrogen-bond donors (Lipinski definition) is 0. The summed E-state index contributed by atoms with van der Waals surface area (Å²) in [5.41, 5.74) is 4.57. The third-order valence-corrected chi connectivity index (χ3v) is 5.84. The van der Waals surface area contributed by atoms with Crippen molar-refractivity contribution in [2.45, 2.75) is 33.7 Å². The van der Waals surface area contributed by atoms with E-state index in [1.54, 1.807) is 12.4 Å². The number of nitriles is 1. The summed E-state index contributed by atoms with van der Waals surface area (Å²) in [4.78, 5) is 6.47. The second kappa shape index (κ2) is 9.29. The summed E-state index contributed by atoms with van der Waals surface area (Å²) < 4.78 is 10.5. The third kappa shape index (κ3) is 4.64. The quantitative estimate of drug-likeness (QED) is 0.315. The largest absolute Gasteiger partial charge is 0.443 e. The molecule has 7 heteroatoms. The molecule has 0 fully saturated rings. The van der Waals surface area contributed by atoms with Crippen LogP contribution in [0.15, 0.2) is 41.4 Å². The first kappa shape index (κ1) is 21.8. The maximum atomic E-state index is 9.74. The lowest BCUT2D eigenvalue weighted by Crippen LogP contribution is -2.24. The highest BCUT2D eigenvalue weighted by molar-refractivity contribution is 7.08. The molecule has 0 bridgehead atoms. The number of aliphatic imine (C=N–C) groups is 1. The minimum atomic E-state index is 0.342. The summed E-state index contributed by atoms with van der Waals surface area (Å²) in [5, 5.41) is 10.7. The first-order chi connectivity index (χ1) is 14.3. The highest BCUT2D eigenvalue weighted by atomic mass is 35.5. The average Bonchev–Trinajstić information content (AvgIpc) is 3.11. The molecule has 5 nitrogen and oxygen atoms in total. The number of nitrogens with zero attached hydrogens (tertiary/aromatic N) is 4. The highest BCUT2D eigenvalue weighted by Crippen LogP contribution is 2.40. The molecule has 30 heavy (non-hydrogen) atoms. The van der Waals surface area contributed by atoms with E-state index in [1.165, 1.54) is 0 Å². The molecule has 0 spiro atoms. The van der Waals surface area contributed by atoms with E-state index in [0.29, 0.717) is 38.8 Å². The van der Waals surface area contributed by atoms with Gasteiger partial charge in [-0.1, -0.05) is 35.9 Å². The van der Waals surface area contributed by atoms with Crippen LogP contribution in [-0.2, 0) is 0 Å². The van der Waals surface area contributed by atoms with Gasteiger partial charge in [-0.3, -0.25) is 0 Å². The minimum Gasteiger partial charge on any atom is -0.443 e. The van der Waals surface area contributed by atoms with Gasteiger partial charge in [0, 0.05) is 36.3 Å². The van der Waals surface area contributed by atoms with E-state index in [2.05, 4.69) is 29.3 Å². The number of halogens is 1. The zero-order valence-corrected chi connectivity index (χ0v) is 19.2. The van der Waals surface area contributed by atoms with Gasteiger partial charge in [0.1, 0.15) is 23.1 Å². The van der Waals surface area contributed by atoms with E-state index >= 15 is 0 Å². The van der Waals surface area contributed by atoms with Crippen LogP contribution in [0.2, 0.25) is 5.02 Å².